The molecule has 1 aliphatic rings. The first kappa shape index (κ1) is 19.8. The van der Waals surface area contributed by atoms with Crippen LogP contribution >= 0.6 is 11.8 Å². The maximum atomic E-state index is 12.4. The van der Waals surface area contributed by atoms with Crippen molar-refractivity contribution in [2.45, 2.75) is 37.7 Å². The number of halogens is 3. The molecule has 1 saturated heterocycles. The van der Waals surface area contributed by atoms with Crippen LogP contribution in [-0.2, 0) is 6.54 Å². The molecule has 0 spiro atoms. The molecule has 0 amide bonds. The summed E-state index contributed by atoms with van der Waals surface area (Å²) in [7, 11) is 0. The molecule has 25 heavy (non-hydrogen) atoms. The number of hydrogen-bond donors (Lipinski definition) is 2. The van der Waals surface area contributed by atoms with E-state index >= 15 is 0 Å². The molecule has 1 aliphatic heterocycles. The van der Waals surface area contributed by atoms with Crippen LogP contribution in [0.2, 0.25) is 0 Å². The van der Waals surface area contributed by atoms with Gasteiger partial charge in [0.1, 0.15) is 5.75 Å². The summed E-state index contributed by atoms with van der Waals surface area (Å²) >= 11 is 1.96. The Labute approximate surface area is 150 Å². The number of para-hydroxylation sites is 1. The lowest BCUT2D eigenvalue weighted by atomic mass is 10.2. The average Bonchev–Trinajstić information content (AvgIpc) is 3.09. The molecule has 2 rings (SSSR count). The van der Waals surface area contributed by atoms with E-state index in [1.807, 2.05) is 18.7 Å². The van der Waals surface area contributed by atoms with Gasteiger partial charge in [0.15, 0.2) is 12.6 Å². The first-order valence-electron chi connectivity index (χ1n) is 8.39. The molecule has 1 atom stereocenters. The van der Waals surface area contributed by atoms with E-state index < -0.39 is 12.8 Å². The molecule has 1 fully saturated rings. The molecule has 0 bridgehead atoms. The van der Waals surface area contributed by atoms with Gasteiger partial charge in [0.2, 0.25) is 0 Å². The molecule has 1 heterocycles. The van der Waals surface area contributed by atoms with Crippen LogP contribution in [0.3, 0.4) is 0 Å². The van der Waals surface area contributed by atoms with Crippen LogP contribution in [0.5, 0.6) is 5.75 Å². The SMILES string of the molecule is CCNC(=NCc1ccccc1OCC(F)(F)F)NCC1CCCS1. The van der Waals surface area contributed by atoms with Gasteiger partial charge in [-0.1, -0.05) is 18.2 Å². The predicted molar refractivity (Wildman–Crippen MR) is 96.3 cm³/mol. The molecule has 140 valence electrons. The molecule has 0 aliphatic carbocycles. The quantitative estimate of drug-likeness (QED) is 0.565. The van der Waals surface area contributed by atoms with E-state index in [0.717, 1.165) is 13.1 Å². The number of rotatable bonds is 7. The summed E-state index contributed by atoms with van der Waals surface area (Å²) in [6.45, 7) is 2.48. The highest BCUT2D eigenvalue weighted by Crippen LogP contribution is 2.25. The topological polar surface area (TPSA) is 45.7 Å². The summed E-state index contributed by atoms with van der Waals surface area (Å²) in [5.41, 5.74) is 0.624. The van der Waals surface area contributed by atoms with Crippen LogP contribution in [-0.4, -0.2) is 42.8 Å². The van der Waals surface area contributed by atoms with E-state index in [1.54, 1.807) is 18.2 Å². The smallest absolute Gasteiger partial charge is 0.422 e. The summed E-state index contributed by atoms with van der Waals surface area (Å²) in [6.07, 6.45) is -1.91. The van der Waals surface area contributed by atoms with Gasteiger partial charge in [-0.3, -0.25) is 0 Å². The Morgan fingerprint density at radius 1 is 1.32 bits per heavy atom. The van der Waals surface area contributed by atoms with E-state index in [4.69, 9.17) is 4.74 Å². The lowest BCUT2D eigenvalue weighted by Crippen LogP contribution is -2.40. The highest BCUT2D eigenvalue weighted by molar-refractivity contribution is 8.00. The van der Waals surface area contributed by atoms with Gasteiger partial charge in [0.25, 0.3) is 0 Å². The monoisotopic (exact) mass is 375 g/mol. The minimum atomic E-state index is -4.36. The predicted octanol–water partition coefficient (Wildman–Crippen LogP) is 3.58. The Bertz CT molecular complexity index is 560. The molecule has 4 nitrogen and oxygen atoms in total. The Morgan fingerprint density at radius 3 is 2.80 bits per heavy atom. The molecule has 1 aromatic rings. The van der Waals surface area contributed by atoms with E-state index in [2.05, 4.69) is 15.6 Å². The fourth-order valence-corrected chi connectivity index (χ4v) is 3.66. The number of benzene rings is 1. The second-order valence-corrected chi connectivity index (χ2v) is 7.13. The van der Waals surface area contributed by atoms with Gasteiger partial charge in [-0.2, -0.15) is 24.9 Å². The summed E-state index contributed by atoms with van der Waals surface area (Å²) in [4.78, 5) is 4.47. The van der Waals surface area contributed by atoms with Crippen molar-refractivity contribution in [1.82, 2.24) is 10.6 Å². The number of nitrogens with one attached hydrogen (secondary N) is 2. The van der Waals surface area contributed by atoms with Crippen molar-refractivity contribution in [2.24, 2.45) is 4.99 Å². The Kier molecular flexibility index (Phi) is 7.74. The number of hydrogen-bond acceptors (Lipinski definition) is 3. The van der Waals surface area contributed by atoms with Gasteiger partial charge >= 0.3 is 6.18 Å². The van der Waals surface area contributed by atoms with Crippen LogP contribution in [0.25, 0.3) is 0 Å². The van der Waals surface area contributed by atoms with Gasteiger partial charge in [-0.05, 0) is 31.6 Å². The number of ether oxygens (including phenoxy) is 1. The summed E-state index contributed by atoms with van der Waals surface area (Å²) in [5.74, 6) is 2.08. The number of aliphatic imine (C=N–C) groups is 1. The van der Waals surface area contributed by atoms with E-state index in [-0.39, 0.29) is 12.3 Å². The first-order chi connectivity index (χ1) is 12.0. The third-order valence-corrected chi connectivity index (χ3v) is 5.04. The van der Waals surface area contributed by atoms with E-state index in [1.165, 1.54) is 24.7 Å². The Balaban J connectivity index is 1.96. The fraction of sp³-hybridized carbons (Fsp3) is 0.588. The largest absolute Gasteiger partial charge is 0.484 e. The highest BCUT2D eigenvalue weighted by atomic mass is 32.2. The minimum Gasteiger partial charge on any atom is -0.484 e. The fourth-order valence-electron chi connectivity index (χ4n) is 2.46. The number of guanidine groups is 1. The van der Waals surface area contributed by atoms with Gasteiger partial charge in [-0.15, -0.1) is 0 Å². The minimum absolute atomic E-state index is 0.214. The maximum absolute atomic E-state index is 12.4. The number of thioether (sulfide) groups is 1. The summed E-state index contributed by atoms with van der Waals surface area (Å²) in [6, 6.07) is 6.68. The normalized spacial score (nSPS) is 18.2. The van der Waals surface area contributed by atoms with Crippen LogP contribution in [0, 0.1) is 0 Å². The molecular weight excluding hydrogens is 351 g/mol. The van der Waals surface area contributed by atoms with Gasteiger partial charge in [0.05, 0.1) is 6.54 Å². The molecule has 2 N–H and O–H groups in total. The molecule has 8 heteroatoms. The lowest BCUT2D eigenvalue weighted by molar-refractivity contribution is -0.153. The van der Waals surface area contributed by atoms with Crippen LogP contribution in [0.1, 0.15) is 25.3 Å². The molecule has 1 unspecified atom stereocenters. The molecule has 0 aromatic heterocycles. The number of alkyl halides is 3. The molecule has 0 saturated carbocycles. The highest BCUT2D eigenvalue weighted by Gasteiger charge is 2.28. The van der Waals surface area contributed by atoms with Crippen molar-refractivity contribution in [3.63, 3.8) is 0 Å². The zero-order chi connectivity index (χ0) is 18.1. The van der Waals surface area contributed by atoms with Gasteiger partial charge in [0, 0.05) is 23.9 Å². The second kappa shape index (κ2) is 9.79. The summed E-state index contributed by atoms with van der Waals surface area (Å²) < 4.78 is 42.0. The van der Waals surface area contributed by atoms with Crippen LogP contribution in [0.15, 0.2) is 29.3 Å². The van der Waals surface area contributed by atoms with E-state index in [9.17, 15) is 13.2 Å². The van der Waals surface area contributed by atoms with Crippen molar-refractivity contribution in [3.05, 3.63) is 29.8 Å². The Hall–Kier alpha value is -1.57. The van der Waals surface area contributed by atoms with Crippen molar-refractivity contribution in [2.75, 3.05) is 25.4 Å². The molecule has 0 radical (unpaired) electrons. The van der Waals surface area contributed by atoms with E-state index in [0.29, 0.717) is 16.8 Å². The third kappa shape index (κ3) is 7.46. The maximum Gasteiger partial charge on any atom is 0.422 e. The van der Waals surface area contributed by atoms with Gasteiger partial charge < -0.3 is 15.4 Å². The molecule has 1 aromatic carbocycles. The van der Waals surface area contributed by atoms with Gasteiger partial charge in [-0.25, -0.2) is 4.99 Å². The van der Waals surface area contributed by atoms with Crippen LogP contribution < -0.4 is 15.4 Å². The zero-order valence-electron chi connectivity index (χ0n) is 14.2. The van der Waals surface area contributed by atoms with Crippen molar-refractivity contribution >= 4 is 17.7 Å². The zero-order valence-corrected chi connectivity index (χ0v) is 15.1. The third-order valence-electron chi connectivity index (χ3n) is 3.64. The summed E-state index contributed by atoms with van der Waals surface area (Å²) in [5, 5.41) is 7.06. The average molecular weight is 375 g/mol. The lowest BCUT2D eigenvalue weighted by Gasteiger charge is -2.15. The van der Waals surface area contributed by atoms with Crippen molar-refractivity contribution < 1.29 is 17.9 Å². The number of nitrogens with zero attached hydrogens (tertiary/aromatic N) is 1. The molecular formula is C17H24F3N3OS. The van der Waals surface area contributed by atoms with Crippen LogP contribution in [0.4, 0.5) is 13.2 Å². The Morgan fingerprint density at radius 2 is 2.12 bits per heavy atom. The van der Waals surface area contributed by atoms with Crippen molar-refractivity contribution in [3.8, 4) is 5.75 Å². The first-order valence-corrected chi connectivity index (χ1v) is 9.44. The second-order valence-electron chi connectivity index (χ2n) is 5.72. The standard InChI is InChI=1S/C17H24F3N3OS/c1-2-21-16(23-11-14-7-5-9-25-14)22-10-13-6-3-4-8-15(13)24-12-17(18,19)20/h3-4,6,8,14H,2,5,7,9-12H2,1H3,(H2,21,22,23). The van der Waals surface area contributed by atoms with Crippen molar-refractivity contribution in [1.29, 1.82) is 0 Å².